The van der Waals surface area contributed by atoms with Gasteiger partial charge in [-0.15, -0.1) is 0 Å². The van der Waals surface area contributed by atoms with Crippen molar-refractivity contribution in [2.45, 2.75) is 26.9 Å². The van der Waals surface area contributed by atoms with Crippen LogP contribution in [0.2, 0.25) is 5.02 Å². The Morgan fingerprint density at radius 3 is 2.72 bits per heavy atom. The summed E-state index contributed by atoms with van der Waals surface area (Å²) in [6.45, 7) is 5.48. The van der Waals surface area contributed by atoms with E-state index in [1.807, 2.05) is 32.0 Å². The number of carbonyl (C=O) groups excluding carboxylic acids is 2. The lowest BCUT2D eigenvalue weighted by Gasteiger charge is -2.32. The van der Waals surface area contributed by atoms with Crippen molar-refractivity contribution in [1.29, 1.82) is 0 Å². The van der Waals surface area contributed by atoms with Crippen LogP contribution in [0.4, 0.5) is 11.4 Å². The Morgan fingerprint density at radius 1 is 1.24 bits per heavy atom. The summed E-state index contributed by atoms with van der Waals surface area (Å²) in [5.41, 5.74) is 3.33. The summed E-state index contributed by atoms with van der Waals surface area (Å²) in [5, 5.41) is 3.34. The third kappa shape index (κ3) is 3.61. The van der Waals surface area contributed by atoms with Gasteiger partial charge in [0.2, 0.25) is 5.91 Å². The van der Waals surface area contributed by atoms with Crippen LogP contribution < -0.4 is 15.0 Å². The molecular weight excluding hydrogens is 340 g/mol. The van der Waals surface area contributed by atoms with Gasteiger partial charge in [0.1, 0.15) is 12.3 Å². The summed E-state index contributed by atoms with van der Waals surface area (Å²) in [5.74, 6) is -0.0123. The molecule has 0 radical (unpaired) electrons. The topological polar surface area (TPSA) is 58.6 Å². The van der Waals surface area contributed by atoms with Gasteiger partial charge in [-0.25, -0.2) is 0 Å². The second kappa shape index (κ2) is 6.76. The van der Waals surface area contributed by atoms with Gasteiger partial charge in [0.15, 0.2) is 6.10 Å². The average Bonchev–Trinajstić information content (AvgIpc) is 2.55. The second-order valence-corrected chi connectivity index (χ2v) is 6.60. The maximum Gasteiger partial charge on any atom is 0.268 e. The molecule has 1 aliphatic rings. The number of nitrogens with zero attached hydrogens (tertiary/aromatic N) is 1. The van der Waals surface area contributed by atoms with Crippen LogP contribution in [0.3, 0.4) is 0 Å². The Balaban J connectivity index is 1.82. The number of amides is 2. The number of nitrogens with one attached hydrogen (secondary N) is 1. The van der Waals surface area contributed by atoms with Gasteiger partial charge >= 0.3 is 0 Å². The summed E-state index contributed by atoms with van der Waals surface area (Å²) in [6, 6.07) is 10.8. The van der Waals surface area contributed by atoms with E-state index in [1.165, 1.54) is 4.90 Å². The Hall–Kier alpha value is -2.53. The number of carbonyl (C=O) groups is 2. The average molecular weight is 359 g/mol. The minimum atomic E-state index is -0.650. The van der Waals surface area contributed by atoms with Crippen molar-refractivity contribution < 1.29 is 14.3 Å². The van der Waals surface area contributed by atoms with E-state index < -0.39 is 6.10 Å². The first-order valence-corrected chi connectivity index (χ1v) is 8.37. The van der Waals surface area contributed by atoms with E-state index in [9.17, 15) is 9.59 Å². The summed E-state index contributed by atoms with van der Waals surface area (Å²) >= 11 is 6.03. The van der Waals surface area contributed by atoms with Gasteiger partial charge in [-0.1, -0.05) is 29.3 Å². The van der Waals surface area contributed by atoms with Crippen LogP contribution >= 0.6 is 11.6 Å². The fraction of sp³-hybridized carbons (Fsp3) is 0.263. The van der Waals surface area contributed by atoms with Crippen LogP contribution in [-0.2, 0) is 9.59 Å². The Kier molecular flexibility index (Phi) is 4.68. The number of fused-ring (bicyclic) bond motifs is 1. The Labute approximate surface area is 151 Å². The van der Waals surface area contributed by atoms with Gasteiger partial charge in [-0.2, -0.15) is 0 Å². The second-order valence-electron chi connectivity index (χ2n) is 6.16. The minimum absolute atomic E-state index is 0.104. The Bertz CT molecular complexity index is 851. The molecule has 0 aromatic heterocycles. The molecule has 3 rings (SSSR count). The van der Waals surface area contributed by atoms with Crippen molar-refractivity contribution in [3.05, 3.63) is 52.5 Å². The molecule has 0 saturated heterocycles. The summed E-state index contributed by atoms with van der Waals surface area (Å²) in [4.78, 5) is 26.4. The molecule has 1 atom stereocenters. The summed E-state index contributed by atoms with van der Waals surface area (Å²) in [7, 11) is 0. The number of benzene rings is 2. The number of rotatable bonds is 3. The standard InChI is InChI=1S/C19H19ClN2O3/c1-11-4-6-15(12(2)8-11)21-18(23)10-22-16-9-14(20)5-7-17(16)25-13(3)19(22)24/h4-9,13H,10H2,1-3H3,(H,21,23). The molecule has 2 amide bonds. The lowest BCUT2D eigenvalue weighted by molar-refractivity contribution is -0.127. The van der Waals surface area contributed by atoms with E-state index in [0.717, 1.165) is 16.8 Å². The van der Waals surface area contributed by atoms with Crippen molar-refractivity contribution in [2.75, 3.05) is 16.8 Å². The van der Waals surface area contributed by atoms with Crippen LogP contribution in [0.25, 0.3) is 0 Å². The molecule has 0 aliphatic carbocycles. The van der Waals surface area contributed by atoms with Gasteiger partial charge in [-0.05, 0) is 50.6 Å². The molecule has 1 aliphatic heterocycles. The zero-order valence-corrected chi connectivity index (χ0v) is 15.1. The molecule has 5 nitrogen and oxygen atoms in total. The number of ether oxygens (including phenoxy) is 1. The molecule has 0 spiro atoms. The van der Waals surface area contributed by atoms with Crippen LogP contribution in [-0.4, -0.2) is 24.5 Å². The van der Waals surface area contributed by atoms with Crippen LogP contribution in [0.5, 0.6) is 5.75 Å². The molecule has 1 heterocycles. The highest BCUT2D eigenvalue weighted by molar-refractivity contribution is 6.31. The van der Waals surface area contributed by atoms with Crippen molar-refractivity contribution >= 4 is 34.8 Å². The highest BCUT2D eigenvalue weighted by Crippen LogP contribution is 2.36. The van der Waals surface area contributed by atoms with Crippen LogP contribution in [0, 0.1) is 13.8 Å². The predicted octanol–water partition coefficient (Wildman–Crippen LogP) is 3.71. The van der Waals surface area contributed by atoms with Crippen molar-refractivity contribution in [2.24, 2.45) is 0 Å². The van der Waals surface area contributed by atoms with E-state index in [4.69, 9.17) is 16.3 Å². The van der Waals surface area contributed by atoms with E-state index in [-0.39, 0.29) is 18.4 Å². The normalized spacial score (nSPS) is 16.2. The highest BCUT2D eigenvalue weighted by Gasteiger charge is 2.32. The molecule has 0 bridgehead atoms. The molecule has 0 saturated carbocycles. The van der Waals surface area contributed by atoms with Crippen molar-refractivity contribution in [3.8, 4) is 5.75 Å². The van der Waals surface area contributed by atoms with E-state index in [2.05, 4.69) is 5.32 Å². The number of hydrogen-bond donors (Lipinski definition) is 1. The molecule has 0 fully saturated rings. The lowest BCUT2D eigenvalue weighted by Crippen LogP contribution is -2.47. The van der Waals surface area contributed by atoms with Gasteiger partial charge in [-0.3, -0.25) is 14.5 Å². The van der Waals surface area contributed by atoms with Gasteiger partial charge in [0.25, 0.3) is 5.91 Å². The number of aryl methyl sites for hydroxylation is 2. The first-order valence-electron chi connectivity index (χ1n) is 8.00. The quantitative estimate of drug-likeness (QED) is 0.909. The maximum atomic E-state index is 12.5. The molecule has 1 unspecified atom stereocenters. The predicted molar refractivity (Wildman–Crippen MR) is 98.4 cm³/mol. The van der Waals surface area contributed by atoms with Crippen LogP contribution in [0.15, 0.2) is 36.4 Å². The lowest BCUT2D eigenvalue weighted by atomic mass is 10.1. The minimum Gasteiger partial charge on any atom is -0.479 e. The fourth-order valence-electron chi connectivity index (χ4n) is 2.83. The molecule has 2 aromatic rings. The zero-order valence-electron chi connectivity index (χ0n) is 14.3. The molecule has 2 aromatic carbocycles. The first kappa shape index (κ1) is 17.3. The highest BCUT2D eigenvalue weighted by atomic mass is 35.5. The van der Waals surface area contributed by atoms with E-state index in [0.29, 0.717) is 16.5 Å². The molecule has 6 heteroatoms. The van der Waals surface area contributed by atoms with Crippen molar-refractivity contribution in [1.82, 2.24) is 0 Å². The summed E-state index contributed by atoms with van der Waals surface area (Å²) < 4.78 is 5.58. The third-order valence-corrected chi connectivity index (χ3v) is 4.32. The van der Waals surface area contributed by atoms with Crippen LogP contribution in [0.1, 0.15) is 18.1 Å². The zero-order chi connectivity index (χ0) is 18.1. The molecular formula is C19H19ClN2O3. The number of hydrogen-bond acceptors (Lipinski definition) is 3. The van der Waals surface area contributed by atoms with Gasteiger partial charge in [0, 0.05) is 10.7 Å². The SMILES string of the molecule is Cc1ccc(NC(=O)CN2C(=O)C(C)Oc3ccc(Cl)cc32)c(C)c1. The maximum absolute atomic E-state index is 12.5. The van der Waals surface area contributed by atoms with E-state index in [1.54, 1.807) is 25.1 Å². The number of anilines is 2. The fourth-order valence-corrected chi connectivity index (χ4v) is 3.00. The first-order chi connectivity index (χ1) is 11.8. The largest absolute Gasteiger partial charge is 0.479 e. The van der Waals surface area contributed by atoms with Crippen molar-refractivity contribution in [3.63, 3.8) is 0 Å². The molecule has 1 N–H and O–H groups in total. The third-order valence-electron chi connectivity index (χ3n) is 4.09. The molecule has 25 heavy (non-hydrogen) atoms. The molecule has 130 valence electrons. The smallest absolute Gasteiger partial charge is 0.268 e. The van der Waals surface area contributed by atoms with E-state index >= 15 is 0 Å². The monoisotopic (exact) mass is 358 g/mol. The number of halogens is 1. The summed E-state index contributed by atoms with van der Waals surface area (Å²) in [6.07, 6.45) is -0.650. The Morgan fingerprint density at radius 2 is 2.00 bits per heavy atom. The van der Waals surface area contributed by atoms with Gasteiger partial charge < -0.3 is 10.1 Å². The van der Waals surface area contributed by atoms with Gasteiger partial charge in [0.05, 0.1) is 5.69 Å².